The van der Waals surface area contributed by atoms with E-state index < -0.39 is 7.25 Å². The summed E-state index contributed by atoms with van der Waals surface area (Å²) in [7, 11) is -6.00. The summed E-state index contributed by atoms with van der Waals surface area (Å²) in [5.74, 6) is 0. The molecule has 0 spiro atoms. The molecule has 0 radical (unpaired) electrons. The van der Waals surface area contributed by atoms with Gasteiger partial charge in [-0.3, -0.25) is 0 Å². The van der Waals surface area contributed by atoms with Crippen molar-refractivity contribution >= 4 is 7.25 Å². The molecule has 0 fully saturated rings. The van der Waals surface area contributed by atoms with Crippen LogP contribution in [0.1, 0.15) is 0 Å². The van der Waals surface area contributed by atoms with Gasteiger partial charge in [0.05, 0.1) is 0 Å². The third-order valence-electron chi connectivity index (χ3n) is 0. The van der Waals surface area contributed by atoms with Gasteiger partial charge in [-0.15, -0.1) is 0 Å². The van der Waals surface area contributed by atoms with Gasteiger partial charge < -0.3 is 23.4 Å². The van der Waals surface area contributed by atoms with Crippen LogP contribution in [0.3, 0.4) is 0 Å². The zero-order valence-corrected chi connectivity index (χ0v) is 3.09. The molecule has 0 heterocycles. The molecule has 0 atom stereocenters. The van der Waals surface area contributed by atoms with E-state index in [9.17, 15) is 17.3 Å². The van der Waals surface area contributed by atoms with E-state index in [1.54, 1.807) is 0 Å². The van der Waals surface area contributed by atoms with E-state index in [0.717, 1.165) is 0 Å². The van der Waals surface area contributed by atoms with Crippen molar-refractivity contribution < 1.29 is 17.3 Å². The molecular weight excluding hydrogens is 101 g/mol. The fraction of sp³-hybridized carbons (Fsp3) is 0. The maximum atomic E-state index is 9.75. The number of quaternary nitrogens is 1. The summed E-state index contributed by atoms with van der Waals surface area (Å²) >= 11 is 0. The van der Waals surface area contributed by atoms with Crippen LogP contribution in [0.15, 0.2) is 0 Å². The summed E-state index contributed by atoms with van der Waals surface area (Å²) < 4.78 is 39.0. The van der Waals surface area contributed by atoms with Gasteiger partial charge in [-0.05, 0) is 0 Å². The van der Waals surface area contributed by atoms with Crippen LogP contribution in [0.5, 0.6) is 0 Å². The van der Waals surface area contributed by atoms with Crippen molar-refractivity contribution in [1.82, 2.24) is 6.15 Å². The Bertz CT molecular complexity index is 23.0. The average molecular weight is 105 g/mol. The highest BCUT2D eigenvalue weighted by molar-refractivity contribution is 6.50. The topological polar surface area (TPSA) is 36.5 Å². The molecule has 40 valence electrons. The SMILES string of the molecule is F[B-](F)(F)F.[NH4+]. The lowest BCUT2D eigenvalue weighted by Gasteiger charge is -1.94. The van der Waals surface area contributed by atoms with Crippen molar-refractivity contribution in [1.29, 1.82) is 0 Å². The lowest BCUT2D eigenvalue weighted by atomic mass is 10.3. The van der Waals surface area contributed by atoms with Crippen molar-refractivity contribution in [3.63, 3.8) is 0 Å². The van der Waals surface area contributed by atoms with Gasteiger partial charge in [-0.2, -0.15) is 0 Å². The molecular formula is H4BF4N. The largest absolute Gasteiger partial charge is 0.673 e. The van der Waals surface area contributed by atoms with E-state index in [1.807, 2.05) is 0 Å². The molecule has 0 bridgehead atoms. The molecule has 0 aliphatic carbocycles. The van der Waals surface area contributed by atoms with Gasteiger partial charge in [0.25, 0.3) is 0 Å². The molecule has 6 heavy (non-hydrogen) atoms. The predicted octanol–water partition coefficient (Wildman–Crippen LogP) is 1.68. The first kappa shape index (κ1) is 9.22. The molecule has 0 saturated heterocycles. The zero-order chi connectivity index (χ0) is 4.50. The second kappa shape index (κ2) is 2.02. The minimum absolute atomic E-state index is 0. The van der Waals surface area contributed by atoms with Gasteiger partial charge in [0.15, 0.2) is 0 Å². The average Bonchev–Trinajstić information content (AvgIpc) is 0.722. The van der Waals surface area contributed by atoms with E-state index in [1.165, 1.54) is 0 Å². The first-order valence-electron chi connectivity index (χ1n) is 0.873. The Morgan fingerprint density at radius 1 is 0.833 bits per heavy atom. The van der Waals surface area contributed by atoms with Crippen LogP contribution in [-0.4, -0.2) is 7.25 Å². The highest BCUT2D eigenvalue weighted by Gasteiger charge is 2.20. The molecule has 0 aliphatic rings. The summed E-state index contributed by atoms with van der Waals surface area (Å²) in [5, 5.41) is 0. The van der Waals surface area contributed by atoms with Crippen LogP contribution in [0.25, 0.3) is 0 Å². The van der Waals surface area contributed by atoms with E-state index >= 15 is 0 Å². The van der Waals surface area contributed by atoms with Crippen LogP contribution >= 0.6 is 0 Å². The monoisotopic (exact) mass is 105 g/mol. The van der Waals surface area contributed by atoms with Gasteiger partial charge in [-0.1, -0.05) is 0 Å². The highest BCUT2D eigenvalue weighted by atomic mass is 19.5. The number of halogens is 4. The van der Waals surface area contributed by atoms with E-state index in [4.69, 9.17) is 0 Å². The second-order valence-corrected chi connectivity index (χ2v) is 0.495. The summed E-state index contributed by atoms with van der Waals surface area (Å²) in [4.78, 5) is 0. The summed E-state index contributed by atoms with van der Waals surface area (Å²) in [6, 6.07) is 0. The normalized spacial score (nSPS) is 10.0. The van der Waals surface area contributed by atoms with Gasteiger partial charge in [0.1, 0.15) is 0 Å². The second-order valence-electron chi connectivity index (χ2n) is 0.495. The van der Waals surface area contributed by atoms with Gasteiger partial charge >= 0.3 is 7.25 Å². The van der Waals surface area contributed by atoms with Crippen LogP contribution < -0.4 is 6.15 Å². The summed E-state index contributed by atoms with van der Waals surface area (Å²) in [6.45, 7) is 0. The third-order valence-corrected chi connectivity index (χ3v) is 0. The maximum absolute atomic E-state index is 9.75. The molecule has 0 aromatic heterocycles. The molecule has 0 aliphatic heterocycles. The maximum Gasteiger partial charge on any atom is 0.673 e. The molecule has 0 aromatic rings. The smallest absolute Gasteiger partial charge is 0.418 e. The molecule has 0 rings (SSSR count). The van der Waals surface area contributed by atoms with Gasteiger partial charge in [0.2, 0.25) is 0 Å². The Morgan fingerprint density at radius 2 is 0.833 bits per heavy atom. The molecule has 0 aromatic carbocycles. The Morgan fingerprint density at radius 3 is 0.833 bits per heavy atom. The summed E-state index contributed by atoms with van der Waals surface area (Å²) in [5.41, 5.74) is 0. The molecule has 4 N–H and O–H groups in total. The molecule has 0 amide bonds. The minimum Gasteiger partial charge on any atom is -0.418 e. The summed E-state index contributed by atoms with van der Waals surface area (Å²) in [6.07, 6.45) is 0. The quantitative estimate of drug-likeness (QED) is 0.359. The Labute approximate surface area is 32.0 Å². The van der Waals surface area contributed by atoms with Crippen molar-refractivity contribution in [3.8, 4) is 0 Å². The lowest BCUT2D eigenvalue weighted by Crippen LogP contribution is -2.02. The fourth-order valence-corrected chi connectivity index (χ4v) is 0. The fourth-order valence-electron chi connectivity index (χ4n) is 0. The molecule has 1 nitrogen and oxygen atoms in total. The Kier molecular flexibility index (Phi) is 3.10. The molecule has 6 heteroatoms. The van der Waals surface area contributed by atoms with Crippen LogP contribution in [0.2, 0.25) is 0 Å². The van der Waals surface area contributed by atoms with Gasteiger partial charge in [-0.25, -0.2) is 0 Å². The minimum atomic E-state index is -6.00. The lowest BCUT2D eigenvalue weighted by molar-refractivity contribution is 0.368. The van der Waals surface area contributed by atoms with E-state index in [2.05, 4.69) is 0 Å². The van der Waals surface area contributed by atoms with Crippen molar-refractivity contribution in [2.24, 2.45) is 0 Å². The first-order chi connectivity index (χ1) is 2.00. The highest BCUT2D eigenvalue weighted by Crippen LogP contribution is 2.06. The van der Waals surface area contributed by atoms with E-state index in [-0.39, 0.29) is 6.15 Å². The Hall–Kier alpha value is -0.255. The number of hydrogen-bond donors (Lipinski definition) is 1. The van der Waals surface area contributed by atoms with Gasteiger partial charge in [0, 0.05) is 0 Å². The number of rotatable bonds is 0. The van der Waals surface area contributed by atoms with Crippen molar-refractivity contribution in [3.05, 3.63) is 0 Å². The molecule has 0 unspecified atom stereocenters. The third kappa shape index (κ3) is 434. The first-order valence-corrected chi connectivity index (χ1v) is 0.873. The van der Waals surface area contributed by atoms with Crippen molar-refractivity contribution in [2.45, 2.75) is 0 Å². The zero-order valence-electron chi connectivity index (χ0n) is 3.09. The standard InChI is InChI=1S/BF4.H3N/c2-1(3,4)5;/h;1H3/q-1;/p+1. The van der Waals surface area contributed by atoms with Crippen LogP contribution in [0, 0.1) is 0 Å². The van der Waals surface area contributed by atoms with Crippen molar-refractivity contribution in [2.75, 3.05) is 0 Å². The Balaban J connectivity index is 0. The predicted molar refractivity (Wildman–Crippen MR) is 16.2 cm³/mol. The van der Waals surface area contributed by atoms with Crippen LogP contribution in [0.4, 0.5) is 17.3 Å². The van der Waals surface area contributed by atoms with Crippen LogP contribution in [-0.2, 0) is 0 Å². The molecule has 0 saturated carbocycles. The number of hydrogen-bond acceptors (Lipinski definition) is 0. The van der Waals surface area contributed by atoms with E-state index in [0.29, 0.717) is 0 Å².